The largest absolute Gasteiger partial charge is 0.493 e. The summed E-state index contributed by atoms with van der Waals surface area (Å²) >= 11 is 0. The fourth-order valence-electron chi connectivity index (χ4n) is 2.74. The van der Waals surface area contributed by atoms with Crippen molar-refractivity contribution in [3.05, 3.63) is 47.5 Å². The van der Waals surface area contributed by atoms with Gasteiger partial charge >= 0.3 is 5.78 Å². The van der Waals surface area contributed by atoms with Crippen molar-refractivity contribution in [2.45, 2.75) is 26.7 Å². The van der Waals surface area contributed by atoms with Crippen LogP contribution in [0.1, 0.15) is 42.2 Å². The van der Waals surface area contributed by atoms with Gasteiger partial charge in [-0.15, -0.1) is 0 Å². The second-order valence-corrected chi connectivity index (χ2v) is 5.22. The van der Waals surface area contributed by atoms with Gasteiger partial charge in [0.1, 0.15) is 11.3 Å². The van der Waals surface area contributed by atoms with Crippen LogP contribution < -0.4 is 4.74 Å². The summed E-state index contributed by atoms with van der Waals surface area (Å²) in [6.07, 6.45) is 6.40. The maximum absolute atomic E-state index is 6.01. The first kappa shape index (κ1) is 13.9. The summed E-state index contributed by atoms with van der Waals surface area (Å²) in [5.74, 6) is 1.84. The molecule has 0 aromatic heterocycles. The molecule has 2 nitrogen and oxygen atoms in total. The number of hydrogen-bond acceptors (Lipinski definition) is 1. The number of rotatable bonds is 5. The molecule has 0 atom stereocenters. The molecule has 1 aliphatic rings. The lowest BCUT2D eigenvalue weighted by molar-refractivity contribution is -0.269. The Balaban J connectivity index is 2.19. The van der Waals surface area contributed by atoms with E-state index in [1.54, 1.807) is 0 Å². The van der Waals surface area contributed by atoms with E-state index in [1.807, 2.05) is 13.0 Å². The number of ether oxygens (including phenoxy) is 1. The molecule has 0 spiro atoms. The average Bonchev–Trinajstić information content (AvgIpc) is 2.52. The van der Waals surface area contributed by atoms with Gasteiger partial charge in [-0.25, -0.2) is 0 Å². The number of ketones is 1. The summed E-state index contributed by atoms with van der Waals surface area (Å²) in [5.41, 5.74) is 2.33. The van der Waals surface area contributed by atoms with E-state index in [1.165, 1.54) is 16.3 Å². The van der Waals surface area contributed by atoms with Gasteiger partial charge in [0, 0.05) is 17.9 Å². The zero-order valence-corrected chi connectivity index (χ0v) is 12.7. The molecular formula is C19H21O2+. The third kappa shape index (κ3) is 2.58. The van der Waals surface area contributed by atoms with Gasteiger partial charge in [-0.3, -0.25) is 4.42 Å². The molecule has 2 heteroatoms. The van der Waals surface area contributed by atoms with Gasteiger partial charge in [-0.1, -0.05) is 31.2 Å². The van der Waals surface area contributed by atoms with Gasteiger partial charge < -0.3 is 4.74 Å². The Morgan fingerprint density at radius 3 is 2.76 bits per heavy atom. The van der Waals surface area contributed by atoms with Crippen LogP contribution in [-0.4, -0.2) is 19.0 Å². The Kier molecular flexibility index (Phi) is 4.05. The summed E-state index contributed by atoms with van der Waals surface area (Å²) in [6, 6.07) is 10.5. The number of allylic oxidation sites excluding steroid dienone is 1. The minimum atomic E-state index is 0.659. The van der Waals surface area contributed by atoms with Gasteiger partial charge in [-0.2, -0.15) is 0 Å². The topological polar surface area (TPSA) is 20.5 Å². The van der Waals surface area contributed by atoms with Crippen molar-refractivity contribution in [3.63, 3.8) is 0 Å². The Labute approximate surface area is 125 Å². The summed E-state index contributed by atoms with van der Waals surface area (Å²) in [5, 5.41) is 2.46. The molecule has 2 aromatic rings. The minimum absolute atomic E-state index is 0.659. The molecule has 0 aliphatic heterocycles. The maximum Gasteiger partial charge on any atom is 0.355 e. The summed E-state index contributed by atoms with van der Waals surface area (Å²) in [7, 11) is 0. The van der Waals surface area contributed by atoms with Crippen LogP contribution >= 0.6 is 0 Å². The predicted octanol–water partition coefficient (Wildman–Crippen LogP) is 4.78. The van der Waals surface area contributed by atoms with E-state index in [4.69, 9.17) is 9.16 Å². The van der Waals surface area contributed by atoms with E-state index in [-0.39, 0.29) is 0 Å². The van der Waals surface area contributed by atoms with Crippen molar-refractivity contribution in [1.29, 1.82) is 0 Å². The third-order valence-electron chi connectivity index (χ3n) is 3.76. The van der Waals surface area contributed by atoms with E-state index >= 15 is 0 Å². The van der Waals surface area contributed by atoms with E-state index < -0.39 is 0 Å². The van der Waals surface area contributed by atoms with E-state index in [0.29, 0.717) is 6.61 Å². The Morgan fingerprint density at radius 1 is 1.05 bits per heavy atom. The fourth-order valence-corrected chi connectivity index (χ4v) is 2.74. The number of carbonyl (C=O) groups excluding carboxylic acids is 1. The molecule has 21 heavy (non-hydrogen) atoms. The Bertz CT molecular complexity index is 711. The van der Waals surface area contributed by atoms with Crippen molar-refractivity contribution in [2.75, 3.05) is 13.2 Å². The van der Waals surface area contributed by atoms with Crippen LogP contribution in [0, 0.1) is 0 Å². The van der Waals surface area contributed by atoms with Crippen LogP contribution in [0.15, 0.2) is 36.4 Å². The zero-order chi connectivity index (χ0) is 14.7. The van der Waals surface area contributed by atoms with Crippen molar-refractivity contribution < 1.29 is 9.16 Å². The zero-order valence-electron chi connectivity index (χ0n) is 12.7. The molecule has 0 saturated carbocycles. The van der Waals surface area contributed by atoms with Gasteiger partial charge in [0.25, 0.3) is 6.61 Å². The Morgan fingerprint density at radius 2 is 1.95 bits per heavy atom. The van der Waals surface area contributed by atoms with Crippen LogP contribution in [-0.2, 0) is 0 Å². The molecule has 2 aromatic carbocycles. The molecule has 0 N–H and O–H groups in total. The summed E-state index contributed by atoms with van der Waals surface area (Å²) in [4.78, 5) is 0. The molecule has 0 unspecified atom stereocenters. The normalized spacial score (nSPS) is 14.9. The lowest BCUT2D eigenvalue weighted by atomic mass is 9.91. The van der Waals surface area contributed by atoms with Gasteiger partial charge in [0.05, 0.1) is 6.61 Å². The molecule has 1 aliphatic carbocycles. The van der Waals surface area contributed by atoms with E-state index in [9.17, 15) is 0 Å². The van der Waals surface area contributed by atoms with Crippen molar-refractivity contribution in [2.24, 2.45) is 0 Å². The molecule has 0 heterocycles. The van der Waals surface area contributed by atoms with Gasteiger partial charge in [0.15, 0.2) is 0 Å². The second-order valence-electron chi connectivity index (χ2n) is 5.22. The highest BCUT2D eigenvalue weighted by Gasteiger charge is 2.25. The van der Waals surface area contributed by atoms with Crippen molar-refractivity contribution in [3.8, 4) is 5.75 Å². The van der Waals surface area contributed by atoms with Crippen LogP contribution in [0.3, 0.4) is 0 Å². The number of benzene rings is 2. The monoisotopic (exact) mass is 281 g/mol. The van der Waals surface area contributed by atoms with Crippen molar-refractivity contribution in [1.82, 2.24) is 0 Å². The fraction of sp³-hybridized carbons (Fsp3) is 0.316. The number of hydrogen-bond donors (Lipinski definition) is 0. The molecular weight excluding hydrogens is 260 g/mol. The highest BCUT2D eigenvalue weighted by atomic mass is 16.5. The number of unbranched alkanes of at least 4 members (excludes halogenated alkanes) is 1. The predicted molar refractivity (Wildman–Crippen MR) is 88.3 cm³/mol. The molecule has 0 fully saturated rings. The first-order valence-electron chi connectivity index (χ1n) is 7.72. The highest BCUT2D eigenvalue weighted by molar-refractivity contribution is 6.21. The first-order valence-corrected chi connectivity index (χ1v) is 7.72. The molecule has 108 valence electrons. The van der Waals surface area contributed by atoms with Crippen molar-refractivity contribution >= 4 is 22.6 Å². The van der Waals surface area contributed by atoms with Gasteiger partial charge in [-0.05, 0) is 36.4 Å². The molecule has 3 rings (SSSR count). The van der Waals surface area contributed by atoms with Crippen LogP contribution in [0.2, 0.25) is 0 Å². The smallest absolute Gasteiger partial charge is 0.355 e. The standard InChI is InChI=1S/C19H21O2/c1-3-5-13-21-17-12-10-15-8-6-7-14-9-11-16(20-4-2)19(17)18(14)15/h6-12H,3-5,13H2,1-2H3/q+1. The summed E-state index contributed by atoms with van der Waals surface area (Å²) in [6.45, 7) is 5.60. The SMILES string of the molecule is CCCC[O+]=C1C=Cc2cccc3ccc(OCC)c1c23. The first-order chi connectivity index (χ1) is 10.3. The highest BCUT2D eigenvalue weighted by Crippen LogP contribution is 2.35. The minimum Gasteiger partial charge on any atom is -0.493 e. The Hall–Kier alpha value is -2.09. The quantitative estimate of drug-likeness (QED) is 0.570. The second kappa shape index (κ2) is 6.13. The van der Waals surface area contributed by atoms with E-state index in [0.717, 1.165) is 36.5 Å². The third-order valence-corrected chi connectivity index (χ3v) is 3.76. The van der Waals surface area contributed by atoms with Crippen LogP contribution in [0.25, 0.3) is 16.8 Å². The molecule has 0 saturated heterocycles. The average molecular weight is 281 g/mol. The molecule has 0 radical (unpaired) electrons. The lowest BCUT2D eigenvalue weighted by Gasteiger charge is -2.14. The van der Waals surface area contributed by atoms with E-state index in [2.05, 4.69) is 43.3 Å². The molecule has 0 bridgehead atoms. The molecule has 0 amide bonds. The summed E-state index contributed by atoms with van der Waals surface area (Å²) < 4.78 is 11.8. The van der Waals surface area contributed by atoms with Crippen LogP contribution in [0.5, 0.6) is 5.75 Å². The lowest BCUT2D eigenvalue weighted by Crippen LogP contribution is -2.08. The van der Waals surface area contributed by atoms with Crippen LogP contribution in [0.4, 0.5) is 0 Å². The van der Waals surface area contributed by atoms with Gasteiger partial charge in [0.2, 0.25) is 0 Å². The maximum atomic E-state index is 6.01.